The average molecular weight is 328 g/mol. The molecule has 0 fully saturated rings. The maximum Gasteiger partial charge on any atom is 0.344 e. The first-order valence-electron chi connectivity index (χ1n) is 5.93. The van der Waals surface area contributed by atoms with Gasteiger partial charge in [-0.25, -0.2) is 9.18 Å². The van der Waals surface area contributed by atoms with E-state index in [4.69, 9.17) is 32.5 Å². The van der Waals surface area contributed by atoms with E-state index in [1.54, 1.807) is 0 Å². The second-order valence-corrected chi connectivity index (χ2v) is 4.40. The van der Waals surface area contributed by atoms with Crippen molar-refractivity contribution in [2.24, 2.45) is 0 Å². The molecule has 0 saturated carbocycles. The van der Waals surface area contributed by atoms with E-state index in [0.717, 1.165) is 12.1 Å². The standard InChI is InChI=1S/C12H11ClFN5O3/c13-7-3-6(14)1-2-8(7)21-5-10(20)22-4-9-17-11(15)19-12(16)18-9/h1-3H,4-5H2,(H4,15,16,17,18,19). The van der Waals surface area contributed by atoms with Crippen LogP contribution in [0.3, 0.4) is 0 Å². The Balaban J connectivity index is 1.85. The van der Waals surface area contributed by atoms with Gasteiger partial charge in [-0.3, -0.25) is 0 Å². The van der Waals surface area contributed by atoms with Gasteiger partial charge in [0.05, 0.1) is 5.02 Å². The Morgan fingerprint density at radius 3 is 2.55 bits per heavy atom. The van der Waals surface area contributed by atoms with Crippen molar-refractivity contribution in [2.45, 2.75) is 6.61 Å². The molecule has 0 aliphatic rings. The zero-order valence-corrected chi connectivity index (χ0v) is 11.9. The van der Waals surface area contributed by atoms with Gasteiger partial charge < -0.3 is 20.9 Å². The normalized spacial score (nSPS) is 10.3. The Kier molecular flexibility index (Phi) is 4.89. The summed E-state index contributed by atoms with van der Waals surface area (Å²) in [5, 5.41) is 0.0471. The average Bonchev–Trinajstić information content (AvgIpc) is 2.43. The molecule has 10 heteroatoms. The monoisotopic (exact) mass is 327 g/mol. The summed E-state index contributed by atoms with van der Waals surface area (Å²) < 4.78 is 22.8. The van der Waals surface area contributed by atoms with Crippen LogP contribution < -0.4 is 16.2 Å². The number of halogens is 2. The lowest BCUT2D eigenvalue weighted by atomic mass is 10.3. The van der Waals surface area contributed by atoms with E-state index in [1.165, 1.54) is 6.07 Å². The smallest absolute Gasteiger partial charge is 0.344 e. The lowest BCUT2D eigenvalue weighted by Crippen LogP contribution is -2.16. The van der Waals surface area contributed by atoms with Gasteiger partial charge in [0, 0.05) is 0 Å². The number of aromatic nitrogens is 3. The molecule has 4 N–H and O–H groups in total. The topological polar surface area (TPSA) is 126 Å². The van der Waals surface area contributed by atoms with Crippen LogP contribution in [0.5, 0.6) is 5.75 Å². The zero-order chi connectivity index (χ0) is 16.1. The Bertz CT molecular complexity index is 680. The van der Waals surface area contributed by atoms with E-state index in [-0.39, 0.29) is 35.1 Å². The van der Waals surface area contributed by atoms with Gasteiger partial charge in [-0.05, 0) is 18.2 Å². The SMILES string of the molecule is Nc1nc(N)nc(COC(=O)COc2ccc(F)cc2Cl)n1. The number of nitrogens with two attached hydrogens (primary N) is 2. The quantitative estimate of drug-likeness (QED) is 0.777. The Morgan fingerprint density at radius 1 is 1.23 bits per heavy atom. The fourth-order valence-electron chi connectivity index (χ4n) is 1.44. The highest BCUT2D eigenvalue weighted by molar-refractivity contribution is 6.32. The maximum atomic E-state index is 12.8. The number of benzene rings is 1. The van der Waals surface area contributed by atoms with Crippen LogP contribution in [0.1, 0.15) is 5.82 Å². The third-order valence-corrected chi connectivity index (χ3v) is 2.61. The zero-order valence-electron chi connectivity index (χ0n) is 11.1. The van der Waals surface area contributed by atoms with Crippen molar-refractivity contribution in [2.75, 3.05) is 18.1 Å². The highest BCUT2D eigenvalue weighted by atomic mass is 35.5. The van der Waals surface area contributed by atoms with Crippen molar-refractivity contribution in [3.8, 4) is 5.75 Å². The van der Waals surface area contributed by atoms with Crippen molar-refractivity contribution in [1.29, 1.82) is 0 Å². The summed E-state index contributed by atoms with van der Waals surface area (Å²) in [6.45, 7) is -0.655. The molecule has 2 aromatic rings. The van der Waals surface area contributed by atoms with E-state index >= 15 is 0 Å². The summed E-state index contributed by atoms with van der Waals surface area (Å²) in [6.07, 6.45) is 0. The van der Waals surface area contributed by atoms with Crippen molar-refractivity contribution < 1.29 is 18.7 Å². The summed E-state index contributed by atoms with van der Waals surface area (Å²) in [7, 11) is 0. The fraction of sp³-hybridized carbons (Fsp3) is 0.167. The molecule has 0 radical (unpaired) electrons. The van der Waals surface area contributed by atoms with Crippen molar-refractivity contribution in [1.82, 2.24) is 15.0 Å². The van der Waals surface area contributed by atoms with Gasteiger partial charge in [0.15, 0.2) is 19.0 Å². The van der Waals surface area contributed by atoms with Crippen LogP contribution in [0.15, 0.2) is 18.2 Å². The van der Waals surface area contributed by atoms with Gasteiger partial charge in [0.1, 0.15) is 11.6 Å². The molecule has 0 aliphatic carbocycles. The summed E-state index contributed by atoms with van der Waals surface area (Å²) in [5.74, 6) is -1.09. The van der Waals surface area contributed by atoms with E-state index in [9.17, 15) is 9.18 Å². The molecule has 22 heavy (non-hydrogen) atoms. The van der Waals surface area contributed by atoms with Gasteiger partial charge in [0.25, 0.3) is 0 Å². The van der Waals surface area contributed by atoms with E-state index in [0.29, 0.717) is 0 Å². The van der Waals surface area contributed by atoms with E-state index in [2.05, 4.69) is 15.0 Å². The van der Waals surface area contributed by atoms with Crippen LogP contribution in [0.2, 0.25) is 5.02 Å². The fourth-order valence-corrected chi connectivity index (χ4v) is 1.66. The minimum absolute atomic E-state index is 0.0471. The molecule has 8 nitrogen and oxygen atoms in total. The summed E-state index contributed by atoms with van der Waals surface area (Å²) in [4.78, 5) is 22.6. The second kappa shape index (κ2) is 6.85. The number of carbonyl (C=O) groups is 1. The first-order chi connectivity index (χ1) is 10.4. The molecule has 0 spiro atoms. The number of carbonyl (C=O) groups excluding carboxylic acids is 1. The number of nitrogen functional groups attached to an aromatic ring is 2. The maximum absolute atomic E-state index is 12.8. The van der Waals surface area contributed by atoms with E-state index in [1.807, 2.05) is 0 Å². The summed E-state index contributed by atoms with van der Waals surface area (Å²) in [5.41, 5.74) is 10.8. The Labute approximate surface area is 129 Å². The third kappa shape index (κ3) is 4.42. The predicted molar refractivity (Wildman–Crippen MR) is 75.4 cm³/mol. The summed E-state index contributed by atoms with van der Waals surface area (Å²) in [6, 6.07) is 3.53. The van der Waals surface area contributed by atoms with Gasteiger partial charge in [-0.2, -0.15) is 15.0 Å². The highest BCUT2D eigenvalue weighted by Gasteiger charge is 2.10. The highest BCUT2D eigenvalue weighted by Crippen LogP contribution is 2.24. The first kappa shape index (κ1) is 15.7. The van der Waals surface area contributed by atoms with Gasteiger partial charge >= 0.3 is 5.97 Å². The Morgan fingerprint density at radius 2 is 1.91 bits per heavy atom. The van der Waals surface area contributed by atoms with Gasteiger partial charge in [-0.1, -0.05) is 11.6 Å². The lowest BCUT2D eigenvalue weighted by Gasteiger charge is -2.08. The number of hydrogen-bond acceptors (Lipinski definition) is 8. The minimum Gasteiger partial charge on any atom is -0.480 e. The number of ether oxygens (including phenoxy) is 2. The van der Waals surface area contributed by atoms with Crippen molar-refractivity contribution in [3.05, 3.63) is 34.9 Å². The Hall–Kier alpha value is -2.68. The van der Waals surface area contributed by atoms with E-state index < -0.39 is 18.4 Å². The van der Waals surface area contributed by atoms with Crippen LogP contribution in [-0.4, -0.2) is 27.5 Å². The van der Waals surface area contributed by atoms with Crippen LogP contribution in [0, 0.1) is 5.82 Å². The van der Waals surface area contributed by atoms with Crippen molar-refractivity contribution >= 4 is 29.5 Å². The second-order valence-electron chi connectivity index (χ2n) is 3.99. The molecular formula is C12H11ClFN5O3. The molecule has 0 saturated heterocycles. The largest absolute Gasteiger partial charge is 0.480 e. The van der Waals surface area contributed by atoms with Gasteiger partial charge in [-0.15, -0.1) is 0 Å². The molecule has 0 amide bonds. The van der Waals surface area contributed by atoms with Crippen LogP contribution in [0.4, 0.5) is 16.3 Å². The molecule has 0 bridgehead atoms. The van der Waals surface area contributed by atoms with Gasteiger partial charge in [0.2, 0.25) is 11.9 Å². The molecule has 2 rings (SSSR count). The first-order valence-corrected chi connectivity index (χ1v) is 6.31. The molecule has 116 valence electrons. The number of rotatable bonds is 5. The molecule has 1 aromatic heterocycles. The number of anilines is 2. The minimum atomic E-state index is -0.696. The number of esters is 1. The van der Waals surface area contributed by atoms with Crippen LogP contribution in [0.25, 0.3) is 0 Å². The lowest BCUT2D eigenvalue weighted by molar-refractivity contribution is -0.147. The molecule has 0 unspecified atom stereocenters. The molecule has 1 aromatic carbocycles. The molecule has 0 aliphatic heterocycles. The van der Waals surface area contributed by atoms with Crippen LogP contribution in [-0.2, 0) is 16.1 Å². The number of nitrogens with zero attached hydrogens (tertiary/aromatic N) is 3. The predicted octanol–water partition coefficient (Wildman–Crippen LogP) is 0.951. The third-order valence-electron chi connectivity index (χ3n) is 2.32. The molecule has 1 heterocycles. The van der Waals surface area contributed by atoms with Crippen LogP contribution >= 0.6 is 11.6 Å². The van der Waals surface area contributed by atoms with Crippen molar-refractivity contribution in [3.63, 3.8) is 0 Å². The molecule has 0 atom stereocenters. The summed E-state index contributed by atoms with van der Waals surface area (Å²) >= 11 is 5.75. The number of hydrogen-bond donors (Lipinski definition) is 2. The molecular weight excluding hydrogens is 317 g/mol.